The molecule has 1 amide bonds. The molecule has 0 bridgehead atoms. The van der Waals surface area contributed by atoms with Gasteiger partial charge < -0.3 is 10.2 Å². The third kappa shape index (κ3) is 4.06. The summed E-state index contributed by atoms with van der Waals surface area (Å²) < 4.78 is 26.4. The maximum absolute atomic E-state index is 13.4. The second kappa shape index (κ2) is 8.23. The molecule has 0 aromatic heterocycles. The highest BCUT2D eigenvalue weighted by molar-refractivity contribution is 5.94. The monoisotopic (exact) mass is 393 g/mol. The zero-order valence-electron chi connectivity index (χ0n) is 14.9. The highest BCUT2D eigenvalue weighted by Crippen LogP contribution is 2.27. The molecule has 7 heteroatoms. The molecular weight excluding hydrogens is 372 g/mol. The average Bonchev–Trinajstić information content (AvgIpc) is 3.14. The Morgan fingerprint density at radius 1 is 1.04 bits per heavy atom. The Balaban J connectivity index is 0.00000210. The third-order valence-electron chi connectivity index (χ3n) is 5.15. The van der Waals surface area contributed by atoms with Crippen molar-refractivity contribution in [3.8, 4) is 0 Å². The zero-order valence-corrected chi connectivity index (χ0v) is 15.7. The van der Waals surface area contributed by atoms with Crippen LogP contribution in [0.2, 0.25) is 0 Å². The van der Waals surface area contributed by atoms with E-state index in [1.165, 1.54) is 22.9 Å². The first-order valence-corrected chi connectivity index (χ1v) is 8.93. The number of nitrogens with one attached hydrogen (secondary N) is 1. The second-order valence-corrected chi connectivity index (χ2v) is 6.83. The summed E-state index contributed by atoms with van der Waals surface area (Å²) in [7, 11) is 0. The molecule has 2 aliphatic heterocycles. The lowest BCUT2D eigenvalue weighted by Gasteiger charge is -2.35. The summed E-state index contributed by atoms with van der Waals surface area (Å²) in [5, 5.41) is 3.46. The van der Waals surface area contributed by atoms with Gasteiger partial charge in [0, 0.05) is 50.5 Å². The largest absolute Gasteiger partial charge is 0.384 e. The van der Waals surface area contributed by atoms with Crippen molar-refractivity contribution in [2.75, 3.05) is 38.0 Å². The molecule has 0 aliphatic carbocycles. The van der Waals surface area contributed by atoms with E-state index >= 15 is 0 Å². The van der Waals surface area contributed by atoms with Crippen LogP contribution in [-0.4, -0.2) is 48.4 Å². The van der Waals surface area contributed by atoms with Crippen LogP contribution in [0, 0.1) is 11.6 Å². The maximum Gasteiger partial charge on any atom is 0.254 e. The Morgan fingerprint density at radius 3 is 2.56 bits per heavy atom. The van der Waals surface area contributed by atoms with Crippen LogP contribution >= 0.6 is 12.4 Å². The minimum Gasteiger partial charge on any atom is -0.384 e. The number of benzene rings is 2. The molecule has 4 nitrogen and oxygen atoms in total. The summed E-state index contributed by atoms with van der Waals surface area (Å²) in [6, 6.07) is 9.73. The Bertz CT molecular complexity index is 838. The van der Waals surface area contributed by atoms with Gasteiger partial charge in [-0.2, -0.15) is 0 Å². The van der Waals surface area contributed by atoms with Gasteiger partial charge >= 0.3 is 0 Å². The number of para-hydroxylation sites is 1. The van der Waals surface area contributed by atoms with Crippen LogP contribution in [0.25, 0.3) is 0 Å². The van der Waals surface area contributed by atoms with Crippen LogP contribution in [0.5, 0.6) is 0 Å². The SMILES string of the molecule is Cl.O=C(c1ccc(F)c(F)c1)N1CCN(Cc2cccc3c2NCC3)CC1. The average molecular weight is 394 g/mol. The van der Waals surface area contributed by atoms with Crippen molar-refractivity contribution in [2.24, 2.45) is 0 Å². The van der Waals surface area contributed by atoms with Gasteiger partial charge in [0.25, 0.3) is 5.91 Å². The Morgan fingerprint density at radius 2 is 1.81 bits per heavy atom. The summed E-state index contributed by atoms with van der Waals surface area (Å²) >= 11 is 0. The highest BCUT2D eigenvalue weighted by Gasteiger charge is 2.24. The summed E-state index contributed by atoms with van der Waals surface area (Å²) in [5.74, 6) is -2.17. The fourth-order valence-electron chi connectivity index (χ4n) is 3.70. The number of carbonyl (C=O) groups excluding carboxylic acids is 1. The van der Waals surface area contributed by atoms with Crippen LogP contribution in [0.4, 0.5) is 14.5 Å². The molecular formula is C20H22ClF2N3O. The third-order valence-corrected chi connectivity index (χ3v) is 5.15. The molecule has 2 heterocycles. The number of nitrogens with zero attached hydrogens (tertiary/aromatic N) is 2. The Labute approximate surface area is 163 Å². The van der Waals surface area contributed by atoms with Crippen molar-refractivity contribution < 1.29 is 13.6 Å². The Hall–Kier alpha value is -2.18. The van der Waals surface area contributed by atoms with Crippen molar-refractivity contribution in [3.63, 3.8) is 0 Å². The van der Waals surface area contributed by atoms with E-state index in [1.54, 1.807) is 4.90 Å². The fourth-order valence-corrected chi connectivity index (χ4v) is 3.70. The molecule has 2 aromatic rings. The van der Waals surface area contributed by atoms with Crippen molar-refractivity contribution in [1.82, 2.24) is 9.80 Å². The first kappa shape index (κ1) is 19.6. The molecule has 0 saturated carbocycles. The lowest BCUT2D eigenvalue weighted by atomic mass is 10.1. The molecule has 0 spiro atoms. The highest BCUT2D eigenvalue weighted by atomic mass is 35.5. The van der Waals surface area contributed by atoms with E-state index < -0.39 is 11.6 Å². The summed E-state index contributed by atoms with van der Waals surface area (Å²) in [6.45, 7) is 4.53. The minimum atomic E-state index is -0.986. The zero-order chi connectivity index (χ0) is 18.1. The summed E-state index contributed by atoms with van der Waals surface area (Å²) in [5.41, 5.74) is 4.12. The molecule has 4 rings (SSSR count). The van der Waals surface area contributed by atoms with E-state index in [2.05, 4.69) is 28.4 Å². The van der Waals surface area contributed by atoms with E-state index in [4.69, 9.17) is 0 Å². The van der Waals surface area contributed by atoms with Gasteiger partial charge in [-0.3, -0.25) is 9.69 Å². The van der Waals surface area contributed by atoms with Gasteiger partial charge in [0.1, 0.15) is 0 Å². The van der Waals surface area contributed by atoms with Crippen LogP contribution < -0.4 is 5.32 Å². The minimum absolute atomic E-state index is 0. The number of hydrogen-bond acceptors (Lipinski definition) is 3. The van der Waals surface area contributed by atoms with Crippen LogP contribution in [0.1, 0.15) is 21.5 Å². The van der Waals surface area contributed by atoms with Gasteiger partial charge in [-0.15, -0.1) is 12.4 Å². The van der Waals surface area contributed by atoms with Crippen LogP contribution in [0.3, 0.4) is 0 Å². The van der Waals surface area contributed by atoms with Gasteiger partial charge in [-0.05, 0) is 35.7 Å². The van der Waals surface area contributed by atoms with Crippen molar-refractivity contribution in [1.29, 1.82) is 0 Å². The molecule has 1 saturated heterocycles. The molecule has 2 aromatic carbocycles. The molecule has 0 atom stereocenters. The van der Waals surface area contributed by atoms with E-state index in [1.807, 2.05) is 0 Å². The van der Waals surface area contributed by atoms with Gasteiger partial charge in [0.15, 0.2) is 11.6 Å². The molecule has 1 N–H and O–H groups in total. The van der Waals surface area contributed by atoms with Gasteiger partial charge in [0.2, 0.25) is 0 Å². The summed E-state index contributed by atoms with van der Waals surface area (Å²) in [4.78, 5) is 16.5. The van der Waals surface area contributed by atoms with Crippen LogP contribution in [0.15, 0.2) is 36.4 Å². The fraction of sp³-hybridized carbons (Fsp3) is 0.350. The molecule has 2 aliphatic rings. The molecule has 0 unspecified atom stereocenters. The summed E-state index contributed by atoms with van der Waals surface area (Å²) in [6.07, 6.45) is 1.07. The van der Waals surface area contributed by atoms with E-state index in [0.29, 0.717) is 13.1 Å². The number of hydrogen-bond donors (Lipinski definition) is 1. The van der Waals surface area contributed by atoms with Gasteiger partial charge in [-0.25, -0.2) is 8.78 Å². The number of anilines is 1. The topological polar surface area (TPSA) is 35.6 Å². The number of carbonyl (C=O) groups is 1. The maximum atomic E-state index is 13.4. The number of fused-ring (bicyclic) bond motifs is 1. The standard InChI is InChI=1S/C20H21F2N3O.ClH/c21-17-5-4-15(12-18(17)22)20(26)25-10-8-24(9-11-25)13-16-3-1-2-14-6-7-23-19(14)16;/h1-5,12,23H,6-11,13H2;1H. The van der Waals surface area contributed by atoms with Crippen molar-refractivity contribution in [2.45, 2.75) is 13.0 Å². The Kier molecular flexibility index (Phi) is 5.97. The molecule has 27 heavy (non-hydrogen) atoms. The second-order valence-electron chi connectivity index (χ2n) is 6.83. The number of piperazine rings is 1. The smallest absolute Gasteiger partial charge is 0.254 e. The van der Waals surface area contributed by atoms with Crippen molar-refractivity contribution >= 4 is 24.0 Å². The molecule has 0 radical (unpaired) electrons. The normalized spacial score (nSPS) is 16.4. The van der Waals surface area contributed by atoms with E-state index in [-0.39, 0.29) is 23.9 Å². The molecule has 1 fully saturated rings. The first-order valence-electron chi connectivity index (χ1n) is 8.93. The lowest BCUT2D eigenvalue weighted by molar-refractivity contribution is 0.0628. The molecule has 144 valence electrons. The van der Waals surface area contributed by atoms with Crippen molar-refractivity contribution in [3.05, 3.63) is 64.7 Å². The van der Waals surface area contributed by atoms with Gasteiger partial charge in [-0.1, -0.05) is 18.2 Å². The predicted molar refractivity (Wildman–Crippen MR) is 103 cm³/mol. The van der Waals surface area contributed by atoms with Crippen LogP contribution in [-0.2, 0) is 13.0 Å². The van der Waals surface area contributed by atoms with E-state index in [9.17, 15) is 13.6 Å². The lowest BCUT2D eigenvalue weighted by Crippen LogP contribution is -2.48. The van der Waals surface area contributed by atoms with Gasteiger partial charge in [0.05, 0.1) is 0 Å². The predicted octanol–water partition coefficient (Wildman–Crippen LogP) is 3.31. The number of rotatable bonds is 3. The first-order chi connectivity index (χ1) is 12.6. The number of amides is 1. The quantitative estimate of drug-likeness (QED) is 0.869. The number of halogens is 3. The van der Waals surface area contributed by atoms with E-state index in [0.717, 1.165) is 44.7 Å².